The fraction of sp³-hybridized carbons (Fsp3) is 0.769. The van der Waals surface area contributed by atoms with Crippen LogP contribution in [0.25, 0.3) is 0 Å². The summed E-state index contributed by atoms with van der Waals surface area (Å²) in [6.45, 7) is 18.3. The molecule has 0 radical (unpaired) electrons. The molecule has 57 heavy (non-hydrogen) atoms. The quantitative estimate of drug-likeness (QED) is 0.0660. The highest BCUT2D eigenvalue weighted by molar-refractivity contribution is 5.30. The van der Waals surface area contributed by atoms with Gasteiger partial charge in [0, 0.05) is 52.5 Å². The van der Waals surface area contributed by atoms with E-state index in [9.17, 15) is 0 Å². The number of nitrogens with zero attached hydrogens (tertiary/aromatic N) is 2. The first kappa shape index (κ1) is 47.9. The largest absolute Gasteiger partial charge is 0.378 e. The van der Waals surface area contributed by atoms with Gasteiger partial charge in [0.1, 0.15) is 0 Å². The van der Waals surface area contributed by atoms with E-state index < -0.39 is 0 Å². The molecule has 2 aromatic carbocycles. The Morgan fingerprint density at radius 3 is 1.19 bits per heavy atom. The second kappa shape index (κ2) is 30.3. The van der Waals surface area contributed by atoms with E-state index in [-0.39, 0.29) is 12.2 Å². The Morgan fingerprint density at radius 1 is 0.439 bits per heavy atom. The van der Waals surface area contributed by atoms with Gasteiger partial charge in [-0.25, -0.2) is 0 Å². The van der Waals surface area contributed by atoms with Crippen molar-refractivity contribution in [1.29, 1.82) is 0 Å². The highest BCUT2D eigenvalue weighted by atomic mass is 16.6. The van der Waals surface area contributed by atoms with E-state index >= 15 is 0 Å². The van der Waals surface area contributed by atoms with Crippen molar-refractivity contribution in [2.24, 2.45) is 11.8 Å². The molecule has 2 aliphatic rings. The molecule has 5 nitrogen and oxygen atoms in total. The number of hydrogen-bond donors (Lipinski definition) is 0. The Bertz CT molecular complexity index is 1170. The minimum atomic E-state index is 0.0145. The van der Waals surface area contributed by atoms with E-state index in [1.807, 2.05) is 0 Å². The maximum atomic E-state index is 7.31. The predicted octanol–water partition coefficient (Wildman–Crippen LogP) is 13.0. The van der Waals surface area contributed by atoms with Gasteiger partial charge in [0.2, 0.25) is 0 Å². The van der Waals surface area contributed by atoms with Gasteiger partial charge in [-0.3, -0.25) is 9.80 Å². The van der Waals surface area contributed by atoms with Gasteiger partial charge >= 0.3 is 0 Å². The average Bonchev–Trinajstić information content (AvgIpc) is 3.23. The SMILES string of the molecule is CCCCCCCC(CCCCC)COCC(CN1CCc2ccccc2C1)OC(COCC(CCCCC)CCCCCCC)CN1CCc2ccccc2C1. The first-order valence-electron chi connectivity index (χ1n) is 24.5. The van der Waals surface area contributed by atoms with Gasteiger partial charge in [0.15, 0.2) is 0 Å². The molecule has 5 heteroatoms. The van der Waals surface area contributed by atoms with Crippen LogP contribution >= 0.6 is 0 Å². The maximum absolute atomic E-state index is 7.31. The first-order chi connectivity index (χ1) is 28.1. The van der Waals surface area contributed by atoms with Crippen LogP contribution in [-0.2, 0) is 40.1 Å². The Hall–Kier alpha value is -1.76. The molecular weight excluding hydrogens is 701 g/mol. The van der Waals surface area contributed by atoms with Gasteiger partial charge in [-0.1, -0.05) is 179 Å². The summed E-state index contributed by atoms with van der Waals surface area (Å²) in [4.78, 5) is 5.25. The zero-order valence-electron chi connectivity index (χ0n) is 37.7. The van der Waals surface area contributed by atoms with Gasteiger partial charge < -0.3 is 14.2 Å². The van der Waals surface area contributed by atoms with Crippen LogP contribution in [0.2, 0.25) is 0 Å². The van der Waals surface area contributed by atoms with E-state index in [0.717, 1.165) is 65.3 Å². The predicted molar refractivity (Wildman–Crippen MR) is 243 cm³/mol. The van der Waals surface area contributed by atoms with Gasteiger partial charge in [-0.2, -0.15) is 0 Å². The van der Waals surface area contributed by atoms with Gasteiger partial charge in [0.25, 0.3) is 0 Å². The maximum Gasteiger partial charge on any atom is 0.0940 e. The summed E-state index contributed by atoms with van der Waals surface area (Å²) in [5.41, 5.74) is 5.95. The monoisotopic (exact) mass is 789 g/mol. The number of rotatable bonds is 34. The molecule has 4 atom stereocenters. The molecule has 0 N–H and O–H groups in total. The van der Waals surface area contributed by atoms with Crippen molar-refractivity contribution in [2.45, 2.75) is 194 Å². The molecule has 324 valence electrons. The van der Waals surface area contributed by atoms with Gasteiger partial charge in [-0.15, -0.1) is 0 Å². The van der Waals surface area contributed by atoms with Crippen LogP contribution in [0.5, 0.6) is 0 Å². The number of unbranched alkanes of at least 4 members (excludes halogenated alkanes) is 12. The Morgan fingerprint density at radius 2 is 0.789 bits per heavy atom. The van der Waals surface area contributed by atoms with Crippen molar-refractivity contribution in [3.63, 3.8) is 0 Å². The normalized spacial score (nSPS) is 16.9. The highest BCUT2D eigenvalue weighted by Crippen LogP contribution is 2.24. The minimum Gasteiger partial charge on any atom is -0.378 e. The molecule has 0 amide bonds. The van der Waals surface area contributed by atoms with Crippen molar-refractivity contribution >= 4 is 0 Å². The average molecular weight is 789 g/mol. The lowest BCUT2D eigenvalue weighted by atomic mass is 9.95. The summed E-state index contributed by atoms with van der Waals surface area (Å²) in [6, 6.07) is 18.1. The number of benzene rings is 2. The summed E-state index contributed by atoms with van der Waals surface area (Å²) in [7, 11) is 0. The van der Waals surface area contributed by atoms with E-state index in [1.165, 1.54) is 151 Å². The summed E-state index contributed by atoms with van der Waals surface area (Å²) < 4.78 is 20.9. The molecule has 0 fully saturated rings. The second-order valence-electron chi connectivity index (χ2n) is 18.1. The number of fused-ring (bicyclic) bond motifs is 2. The van der Waals surface area contributed by atoms with E-state index in [1.54, 1.807) is 0 Å². The summed E-state index contributed by atoms with van der Waals surface area (Å²) in [5.74, 6) is 1.31. The highest BCUT2D eigenvalue weighted by Gasteiger charge is 2.27. The lowest BCUT2D eigenvalue weighted by Gasteiger charge is -2.36. The second-order valence-corrected chi connectivity index (χ2v) is 18.1. The third kappa shape index (κ3) is 19.9. The molecule has 0 aliphatic carbocycles. The molecule has 0 bridgehead atoms. The smallest absolute Gasteiger partial charge is 0.0940 e. The third-order valence-corrected chi connectivity index (χ3v) is 12.9. The summed E-state index contributed by atoms with van der Waals surface area (Å²) in [5, 5.41) is 0. The van der Waals surface area contributed by atoms with E-state index in [0.29, 0.717) is 25.0 Å². The fourth-order valence-corrected chi connectivity index (χ4v) is 9.33. The molecule has 0 spiro atoms. The molecule has 0 aromatic heterocycles. The van der Waals surface area contributed by atoms with Crippen LogP contribution in [0.1, 0.15) is 178 Å². The summed E-state index contributed by atoms with van der Waals surface area (Å²) >= 11 is 0. The van der Waals surface area contributed by atoms with Crippen molar-refractivity contribution in [1.82, 2.24) is 9.80 Å². The Kier molecular flexibility index (Phi) is 25.5. The van der Waals surface area contributed by atoms with Crippen LogP contribution < -0.4 is 0 Å². The van der Waals surface area contributed by atoms with Crippen molar-refractivity contribution in [3.05, 3.63) is 70.8 Å². The van der Waals surface area contributed by atoms with Crippen LogP contribution in [0.4, 0.5) is 0 Å². The molecule has 0 saturated heterocycles. The lowest BCUT2D eigenvalue weighted by Crippen LogP contribution is -2.45. The number of ether oxygens (including phenoxy) is 3. The lowest BCUT2D eigenvalue weighted by molar-refractivity contribution is -0.109. The van der Waals surface area contributed by atoms with Crippen LogP contribution in [0.3, 0.4) is 0 Å². The van der Waals surface area contributed by atoms with E-state index in [2.05, 4.69) is 86.0 Å². The van der Waals surface area contributed by atoms with Crippen molar-refractivity contribution in [3.8, 4) is 0 Å². The molecule has 0 saturated carbocycles. The van der Waals surface area contributed by atoms with Crippen molar-refractivity contribution in [2.75, 3.05) is 52.6 Å². The van der Waals surface area contributed by atoms with Gasteiger partial charge in [0.05, 0.1) is 25.4 Å². The van der Waals surface area contributed by atoms with E-state index in [4.69, 9.17) is 14.2 Å². The van der Waals surface area contributed by atoms with Gasteiger partial charge in [-0.05, 0) is 72.6 Å². The molecular formula is C52H88N2O3. The molecule has 2 aliphatic heterocycles. The first-order valence-corrected chi connectivity index (χ1v) is 24.5. The Labute approximate surface area is 352 Å². The van der Waals surface area contributed by atoms with Crippen LogP contribution in [0.15, 0.2) is 48.5 Å². The fourth-order valence-electron chi connectivity index (χ4n) is 9.33. The third-order valence-electron chi connectivity index (χ3n) is 12.9. The van der Waals surface area contributed by atoms with Crippen LogP contribution in [-0.4, -0.2) is 74.6 Å². The van der Waals surface area contributed by atoms with Crippen molar-refractivity contribution < 1.29 is 14.2 Å². The molecule has 2 heterocycles. The minimum absolute atomic E-state index is 0.0145. The van der Waals surface area contributed by atoms with Crippen LogP contribution in [0, 0.1) is 11.8 Å². The molecule has 4 unspecified atom stereocenters. The zero-order valence-corrected chi connectivity index (χ0v) is 37.7. The number of hydrogen-bond acceptors (Lipinski definition) is 5. The zero-order chi connectivity index (χ0) is 40.2. The topological polar surface area (TPSA) is 34.2 Å². The summed E-state index contributed by atoms with van der Waals surface area (Å²) in [6.07, 6.45) is 28.8. The Balaban J connectivity index is 1.44. The molecule has 4 rings (SSSR count). The standard InChI is InChI=1S/C52H88N2O3/c1-5-9-13-15-19-27-45(25-17-11-7-3)41-55-43-51(39-53-35-33-47-29-21-23-31-49(47)37-53)57-52(40-54-36-34-48-30-22-24-32-50(48)38-54)44-56-42-46(26-18-12-8-4)28-20-16-14-10-6-2/h21-24,29-32,45-46,51-52H,5-20,25-28,33-44H2,1-4H3. The molecule has 2 aromatic rings.